The number of para-hydroxylation sites is 2. The molecule has 1 aliphatic rings. The smallest absolute Gasteiger partial charge is 0.242 e. The highest BCUT2D eigenvalue weighted by molar-refractivity contribution is 7.90. The zero-order valence-corrected chi connectivity index (χ0v) is 28.0. The Morgan fingerprint density at radius 1 is 0.932 bits per heavy atom. The van der Waals surface area contributed by atoms with Gasteiger partial charge >= 0.3 is 0 Å². The molecule has 0 bridgehead atoms. The number of aromatic nitrogens is 2. The number of ketones is 1. The molecule has 0 spiro atoms. The number of nitrogens with one attached hydrogen (secondary N) is 1. The van der Waals surface area contributed by atoms with Crippen molar-refractivity contribution >= 4 is 38.2 Å². The number of thiophene rings is 1. The van der Waals surface area contributed by atoms with Gasteiger partial charge in [-0.1, -0.05) is 44.2 Å². The number of ether oxygens (including phenoxy) is 2. The molecule has 2 aromatic carbocycles. The van der Waals surface area contributed by atoms with E-state index in [9.17, 15) is 18.3 Å². The average Bonchev–Trinajstić information content (AvgIpc) is 3.72. The highest BCUT2D eigenvalue weighted by Gasteiger charge is 2.35. The SMILES string of the molecule is CC(C)NS(=O)(=O)C1CC1.CC(C)Oc1nc2ccccc2nc1-c1cccs1.COc1ccc(C(O)C(=O)C(C)C)cc1. The Hall–Kier alpha value is -3.38. The Morgan fingerprint density at radius 2 is 1.55 bits per heavy atom. The van der Waals surface area contributed by atoms with Crippen LogP contribution in [0.25, 0.3) is 21.6 Å². The van der Waals surface area contributed by atoms with Crippen molar-refractivity contribution in [1.29, 1.82) is 0 Å². The first-order valence-corrected chi connectivity index (χ1v) is 17.1. The summed E-state index contributed by atoms with van der Waals surface area (Å²) in [7, 11) is -1.36. The molecule has 9 nitrogen and oxygen atoms in total. The maximum atomic E-state index is 11.5. The summed E-state index contributed by atoms with van der Waals surface area (Å²) in [6.07, 6.45) is 0.717. The first-order valence-electron chi connectivity index (χ1n) is 14.7. The molecule has 2 aromatic heterocycles. The molecule has 1 saturated carbocycles. The third kappa shape index (κ3) is 10.4. The second kappa shape index (κ2) is 16.1. The quantitative estimate of drug-likeness (QED) is 0.199. The normalized spacial score (nSPS) is 13.6. The number of hydrogen-bond acceptors (Lipinski definition) is 9. The number of aliphatic hydroxyl groups excluding tert-OH is 1. The van der Waals surface area contributed by atoms with Gasteiger partial charge < -0.3 is 14.6 Å². The fraction of sp³-hybridized carbons (Fsp3) is 0.424. The van der Waals surface area contributed by atoms with Crippen LogP contribution in [0.5, 0.6) is 11.6 Å². The van der Waals surface area contributed by atoms with Crippen LogP contribution < -0.4 is 14.2 Å². The van der Waals surface area contributed by atoms with Crippen molar-refractivity contribution < 1.29 is 27.8 Å². The average molecular weight is 642 g/mol. The van der Waals surface area contributed by atoms with Crippen molar-refractivity contribution in [3.63, 3.8) is 0 Å². The molecule has 0 amide bonds. The zero-order valence-electron chi connectivity index (χ0n) is 26.4. The Morgan fingerprint density at radius 3 is 2.02 bits per heavy atom. The van der Waals surface area contributed by atoms with E-state index in [1.54, 1.807) is 56.6 Å². The lowest BCUT2D eigenvalue weighted by Crippen LogP contribution is -2.32. The number of hydrogen-bond donors (Lipinski definition) is 2. The number of methoxy groups -OCH3 is 1. The lowest BCUT2D eigenvalue weighted by Gasteiger charge is -2.12. The van der Waals surface area contributed by atoms with E-state index in [2.05, 4.69) is 9.71 Å². The van der Waals surface area contributed by atoms with Crippen molar-refractivity contribution in [3.8, 4) is 22.2 Å². The Balaban J connectivity index is 0.000000190. The number of carbonyl (C=O) groups excluding carboxylic acids is 1. The third-order valence-electron chi connectivity index (χ3n) is 6.27. The van der Waals surface area contributed by atoms with Crippen LogP contribution in [0.1, 0.15) is 66.1 Å². The van der Waals surface area contributed by atoms with E-state index in [-0.39, 0.29) is 29.1 Å². The van der Waals surface area contributed by atoms with Crippen LogP contribution >= 0.6 is 11.3 Å². The van der Waals surface area contributed by atoms with Gasteiger partial charge in [0.2, 0.25) is 15.9 Å². The van der Waals surface area contributed by atoms with E-state index in [0.717, 1.165) is 34.4 Å². The Labute approximate surface area is 264 Å². The maximum Gasteiger partial charge on any atom is 0.242 e. The van der Waals surface area contributed by atoms with Gasteiger partial charge in [0.25, 0.3) is 0 Å². The highest BCUT2D eigenvalue weighted by atomic mass is 32.2. The summed E-state index contributed by atoms with van der Waals surface area (Å²) in [5.41, 5.74) is 3.18. The van der Waals surface area contributed by atoms with Crippen LogP contribution in [-0.4, -0.2) is 53.8 Å². The molecule has 1 fully saturated rings. The Bertz CT molecular complexity index is 1580. The molecule has 1 atom stereocenters. The van der Waals surface area contributed by atoms with Crippen molar-refractivity contribution in [2.45, 2.75) is 77.9 Å². The van der Waals surface area contributed by atoms with Crippen molar-refractivity contribution in [2.24, 2.45) is 5.92 Å². The number of sulfonamides is 1. The number of fused-ring (bicyclic) bond motifs is 1. The predicted molar refractivity (Wildman–Crippen MR) is 177 cm³/mol. The van der Waals surface area contributed by atoms with Crippen LogP contribution in [0.3, 0.4) is 0 Å². The number of carbonyl (C=O) groups is 1. The van der Waals surface area contributed by atoms with E-state index < -0.39 is 16.1 Å². The largest absolute Gasteiger partial charge is 0.497 e. The van der Waals surface area contributed by atoms with Gasteiger partial charge in [0, 0.05) is 12.0 Å². The van der Waals surface area contributed by atoms with Gasteiger partial charge in [0.1, 0.15) is 17.5 Å². The summed E-state index contributed by atoms with van der Waals surface area (Å²) < 4.78 is 35.5. The second-order valence-electron chi connectivity index (χ2n) is 11.3. The lowest BCUT2D eigenvalue weighted by molar-refractivity contribution is -0.130. The standard InChI is InChI=1S/C15H14N2OS.C12H16O3.C6H13NO2S/c1-10(2)18-15-14(13-8-5-9-19-13)16-11-6-3-4-7-12(11)17-15;1-8(2)11(13)12(14)9-4-6-10(15-3)7-5-9;1-5(2)7-10(8,9)6-3-4-6/h3-10H,1-2H3;4-8,12,14H,1-3H3;5-7H,3-4H2,1-2H3. The zero-order chi connectivity index (χ0) is 32.4. The molecule has 238 valence electrons. The van der Waals surface area contributed by atoms with E-state index in [1.165, 1.54) is 0 Å². The Kier molecular flexibility index (Phi) is 12.8. The van der Waals surface area contributed by atoms with Crippen LogP contribution in [0.15, 0.2) is 66.0 Å². The number of nitrogens with zero attached hydrogens (tertiary/aromatic N) is 2. The summed E-state index contributed by atoms with van der Waals surface area (Å²) in [4.78, 5) is 21.9. The van der Waals surface area contributed by atoms with Crippen molar-refractivity contribution in [2.75, 3.05) is 7.11 Å². The first kappa shape index (κ1) is 35.1. The number of benzene rings is 2. The van der Waals surface area contributed by atoms with Crippen LogP contribution in [0.2, 0.25) is 0 Å². The molecule has 0 radical (unpaired) electrons. The minimum Gasteiger partial charge on any atom is -0.497 e. The summed E-state index contributed by atoms with van der Waals surface area (Å²) in [5.74, 6) is 0.987. The molecule has 2 heterocycles. The third-order valence-corrected chi connectivity index (χ3v) is 9.30. The maximum absolute atomic E-state index is 11.5. The molecule has 2 N–H and O–H groups in total. The minimum atomic E-state index is -2.94. The van der Waals surface area contributed by atoms with Crippen molar-refractivity contribution in [3.05, 3.63) is 71.6 Å². The summed E-state index contributed by atoms with van der Waals surface area (Å²) in [6, 6.07) is 18.8. The van der Waals surface area contributed by atoms with Gasteiger partial charge in [-0.05, 0) is 81.8 Å². The molecule has 0 aliphatic heterocycles. The van der Waals surface area contributed by atoms with E-state index in [4.69, 9.17) is 14.5 Å². The van der Waals surface area contributed by atoms with Gasteiger partial charge in [0.05, 0.1) is 34.4 Å². The van der Waals surface area contributed by atoms with Gasteiger partial charge in [-0.15, -0.1) is 11.3 Å². The minimum absolute atomic E-state index is 0.0330. The molecular weight excluding hydrogens is 599 g/mol. The summed E-state index contributed by atoms with van der Waals surface area (Å²) >= 11 is 1.64. The summed E-state index contributed by atoms with van der Waals surface area (Å²) in [5, 5.41) is 11.7. The molecule has 5 rings (SSSR count). The van der Waals surface area contributed by atoms with Gasteiger partial charge in [-0.3, -0.25) is 4.79 Å². The fourth-order valence-corrected chi connectivity index (χ4v) is 6.24. The molecule has 1 aliphatic carbocycles. The van der Waals surface area contributed by atoms with Crippen LogP contribution in [-0.2, 0) is 14.8 Å². The van der Waals surface area contributed by atoms with Crippen LogP contribution in [0, 0.1) is 5.92 Å². The van der Waals surface area contributed by atoms with Gasteiger partial charge in [0.15, 0.2) is 5.78 Å². The van der Waals surface area contributed by atoms with Gasteiger partial charge in [-0.2, -0.15) is 0 Å². The van der Waals surface area contributed by atoms with E-state index in [0.29, 0.717) is 17.2 Å². The topological polar surface area (TPSA) is 128 Å². The monoisotopic (exact) mass is 641 g/mol. The molecule has 1 unspecified atom stereocenters. The second-order valence-corrected chi connectivity index (χ2v) is 14.2. The molecular formula is C33H43N3O6S2. The predicted octanol–water partition coefficient (Wildman–Crippen LogP) is 6.58. The molecule has 4 aromatic rings. The molecule has 44 heavy (non-hydrogen) atoms. The summed E-state index contributed by atoms with van der Waals surface area (Å²) in [6.45, 7) is 11.2. The van der Waals surface area contributed by atoms with E-state index in [1.807, 2.05) is 69.5 Å². The highest BCUT2D eigenvalue weighted by Crippen LogP contribution is 2.32. The molecule has 11 heteroatoms. The van der Waals surface area contributed by atoms with Crippen molar-refractivity contribution in [1.82, 2.24) is 14.7 Å². The van der Waals surface area contributed by atoms with E-state index >= 15 is 0 Å². The van der Waals surface area contributed by atoms with Gasteiger partial charge in [-0.25, -0.2) is 23.1 Å². The fourth-order valence-electron chi connectivity index (χ4n) is 3.93. The number of Topliss-reactive ketones (excluding diaryl/α,β-unsaturated/α-hetero) is 1. The first-order chi connectivity index (χ1) is 20.8. The molecule has 0 saturated heterocycles. The lowest BCUT2D eigenvalue weighted by atomic mass is 9.98. The van der Waals surface area contributed by atoms with Crippen LogP contribution in [0.4, 0.5) is 0 Å². The number of rotatable bonds is 10. The number of aliphatic hydroxyl groups is 1.